The molecule has 0 aliphatic heterocycles. The van der Waals surface area contributed by atoms with Gasteiger partial charge in [-0.05, 0) is 60.5 Å². The van der Waals surface area contributed by atoms with Gasteiger partial charge in [-0.15, -0.1) is 13.2 Å². The highest BCUT2D eigenvalue weighted by Gasteiger charge is 2.46. The SMILES string of the molecule is CCCCCC1CCC(C2(C(C)c3ccc(OC(F)(F)F)cc3F)CCCCC2)CC1. The molecule has 0 amide bonds. The molecule has 2 saturated carbocycles. The number of unbranched alkanes of at least 4 members (excludes halogenated alkanes) is 2. The van der Waals surface area contributed by atoms with E-state index in [1.54, 1.807) is 0 Å². The minimum absolute atomic E-state index is 0.00521. The van der Waals surface area contributed by atoms with Crippen molar-refractivity contribution in [2.24, 2.45) is 17.3 Å². The largest absolute Gasteiger partial charge is 0.573 e. The molecule has 176 valence electrons. The zero-order chi connectivity index (χ0) is 22.5. The van der Waals surface area contributed by atoms with Crippen LogP contribution < -0.4 is 4.74 Å². The molecule has 31 heavy (non-hydrogen) atoms. The van der Waals surface area contributed by atoms with Crippen molar-refractivity contribution >= 4 is 0 Å². The second-order valence-electron chi connectivity index (χ2n) is 9.96. The van der Waals surface area contributed by atoms with Gasteiger partial charge in [-0.1, -0.05) is 77.7 Å². The van der Waals surface area contributed by atoms with E-state index >= 15 is 0 Å². The van der Waals surface area contributed by atoms with E-state index in [9.17, 15) is 17.6 Å². The zero-order valence-corrected chi connectivity index (χ0v) is 19.1. The molecule has 1 nitrogen and oxygen atoms in total. The average Bonchev–Trinajstić information content (AvgIpc) is 2.73. The first kappa shape index (κ1) is 24.4. The molecule has 1 unspecified atom stereocenters. The van der Waals surface area contributed by atoms with Gasteiger partial charge in [-0.2, -0.15) is 0 Å². The Morgan fingerprint density at radius 2 is 1.71 bits per heavy atom. The van der Waals surface area contributed by atoms with Gasteiger partial charge < -0.3 is 4.74 Å². The smallest absolute Gasteiger partial charge is 0.406 e. The highest BCUT2D eigenvalue weighted by Crippen LogP contribution is 2.57. The van der Waals surface area contributed by atoms with Crippen LogP contribution >= 0.6 is 0 Å². The Labute approximate surface area is 184 Å². The Morgan fingerprint density at radius 1 is 1.03 bits per heavy atom. The molecule has 0 N–H and O–H groups in total. The third kappa shape index (κ3) is 6.16. The van der Waals surface area contributed by atoms with Crippen LogP contribution in [0.25, 0.3) is 0 Å². The maximum Gasteiger partial charge on any atom is 0.573 e. The van der Waals surface area contributed by atoms with E-state index in [2.05, 4.69) is 18.6 Å². The van der Waals surface area contributed by atoms with Gasteiger partial charge in [-0.3, -0.25) is 0 Å². The molecule has 1 aromatic rings. The van der Waals surface area contributed by atoms with Crippen molar-refractivity contribution in [1.82, 2.24) is 0 Å². The lowest BCUT2D eigenvalue weighted by molar-refractivity contribution is -0.274. The van der Waals surface area contributed by atoms with E-state index in [1.165, 1.54) is 69.9 Å². The van der Waals surface area contributed by atoms with Crippen LogP contribution in [-0.4, -0.2) is 6.36 Å². The second kappa shape index (κ2) is 10.6. The van der Waals surface area contributed by atoms with Crippen LogP contribution in [0.4, 0.5) is 17.6 Å². The summed E-state index contributed by atoms with van der Waals surface area (Å²) in [5.74, 6) is 0.345. The molecule has 2 aliphatic rings. The normalized spacial score (nSPS) is 25.2. The lowest BCUT2D eigenvalue weighted by atomic mass is 9.54. The molecule has 1 aromatic carbocycles. The number of rotatable bonds is 8. The third-order valence-electron chi connectivity index (χ3n) is 8.19. The number of halogens is 4. The van der Waals surface area contributed by atoms with Crippen LogP contribution in [0.5, 0.6) is 5.75 Å². The van der Waals surface area contributed by atoms with Gasteiger partial charge in [0.15, 0.2) is 0 Å². The topological polar surface area (TPSA) is 9.23 Å². The number of alkyl halides is 3. The van der Waals surface area contributed by atoms with E-state index in [4.69, 9.17) is 0 Å². The first-order chi connectivity index (χ1) is 14.7. The summed E-state index contributed by atoms with van der Waals surface area (Å²) in [6.45, 7) is 4.34. The predicted octanol–water partition coefficient (Wildman–Crippen LogP) is 9.16. The Kier molecular flexibility index (Phi) is 8.31. The molecule has 2 fully saturated rings. The van der Waals surface area contributed by atoms with E-state index in [1.807, 2.05) is 0 Å². The number of benzene rings is 1. The number of hydrogen-bond donors (Lipinski definition) is 0. The van der Waals surface area contributed by atoms with Crippen molar-refractivity contribution in [3.05, 3.63) is 29.6 Å². The molecular weight excluding hydrogens is 404 g/mol. The number of ether oxygens (including phenoxy) is 1. The summed E-state index contributed by atoms with van der Waals surface area (Å²) in [5, 5.41) is 0. The standard InChI is InChI=1S/C26H38F4O/c1-3-4-6-9-20-10-12-21(13-11-20)25(16-7-5-8-17-25)19(2)23-15-14-22(18-24(23)27)31-26(28,29)30/h14-15,18-21H,3-13,16-17H2,1-2H3. The van der Waals surface area contributed by atoms with Crippen LogP contribution in [0.15, 0.2) is 18.2 Å². The van der Waals surface area contributed by atoms with Gasteiger partial charge in [0.2, 0.25) is 0 Å². The van der Waals surface area contributed by atoms with Crippen molar-refractivity contribution in [1.29, 1.82) is 0 Å². The van der Waals surface area contributed by atoms with E-state index in [0.29, 0.717) is 11.5 Å². The van der Waals surface area contributed by atoms with Crippen molar-refractivity contribution in [3.8, 4) is 5.75 Å². The first-order valence-corrected chi connectivity index (χ1v) is 12.3. The van der Waals surface area contributed by atoms with Crippen molar-refractivity contribution < 1.29 is 22.3 Å². The Balaban J connectivity index is 1.75. The summed E-state index contributed by atoms with van der Waals surface area (Å²) in [6.07, 6.45) is 11.1. The third-order valence-corrected chi connectivity index (χ3v) is 8.19. The second-order valence-corrected chi connectivity index (χ2v) is 9.96. The molecule has 0 radical (unpaired) electrons. The molecule has 0 saturated heterocycles. The van der Waals surface area contributed by atoms with Gasteiger partial charge in [0.05, 0.1) is 0 Å². The maximum atomic E-state index is 15.0. The lowest BCUT2D eigenvalue weighted by Gasteiger charge is -2.50. The van der Waals surface area contributed by atoms with Gasteiger partial charge >= 0.3 is 6.36 Å². The molecule has 3 rings (SSSR count). The molecular formula is C26H38F4O. The highest BCUT2D eigenvalue weighted by molar-refractivity contribution is 5.32. The van der Waals surface area contributed by atoms with Gasteiger partial charge in [0, 0.05) is 6.07 Å². The first-order valence-electron chi connectivity index (χ1n) is 12.3. The summed E-state index contributed by atoms with van der Waals surface area (Å²) < 4.78 is 56.4. The Hall–Kier alpha value is -1.26. The van der Waals surface area contributed by atoms with Gasteiger partial charge in [0.25, 0.3) is 0 Å². The van der Waals surface area contributed by atoms with Crippen LogP contribution in [-0.2, 0) is 0 Å². The zero-order valence-electron chi connectivity index (χ0n) is 19.1. The summed E-state index contributed by atoms with van der Waals surface area (Å²) in [4.78, 5) is 0. The Bertz CT molecular complexity index is 685. The molecule has 0 heterocycles. The van der Waals surface area contributed by atoms with Gasteiger partial charge in [-0.25, -0.2) is 4.39 Å². The summed E-state index contributed by atoms with van der Waals surface area (Å²) >= 11 is 0. The van der Waals surface area contributed by atoms with Crippen molar-refractivity contribution in [2.75, 3.05) is 0 Å². The van der Waals surface area contributed by atoms with Gasteiger partial charge in [0.1, 0.15) is 11.6 Å². The fraction of sp³-hybridized carbons (Fsp3) is 0.769. The van der Waals surface area contributed by atoms with Crippen LogP contribution in [0.2, 0.25) is 0 Å². The van der Waals surface area contributed by atoms with E-state index in [-0.39, 0.29) is 11.3 Å². The summed E-state index contributed by atoms with van der Waals surface area (Å²) in [5.41, 5.74) is 0.598. The van der Waals surface area contributed by atoms with Crippen molar-refractivity contribution in [3.63, 3.8) is 0 Å². The highest BCUT2D eigenvalue weighted by atomic mass is 19.4. The molecule has 0 spiro atoms. The Morgan fingerprint density at radius 3 is 2.29 bits per heavy atom. The fourth-order valence-corrected chi connectivity index (χ4v) is 6.48. The maximum absolute atomic E-state index is 15.0. The summed E-state index contributed by atoms with van der Waals surface area (Å²) in [7, 11) is 0. The minimum atomic E-state index is -4.81. The van der Waals surface area contributed by atoms with Crippen LogP contribution in [0.1, 0.15) is 109 Å². The monoisotopic (exact) mass is 442 g/mol. The quantitative estimate of drug-likeness (QED) is 0.288. The molecule has 1 atom stereocenters. The van der Waals surface area contributed by atoms with E-state index < -0.39 is 17.9 Å². The van der Waals surface area contributed by atoms with Crippen molar-refractivity contribution in [2.45, 2.75) is 110 Å². The van der Waals surface area contributed by atoms with E-state index in [0.717, 1.165) is 37.7 Å². The molecule has 0 aromatic heterocycles. The fourth-order valence-electron chi connectivity index (χ4n) is 6.48. The average molecular weight is 443 g/mol. The molecule has 2 aliphatic carbocycles. The molecule has 5 heteroatoms. The van der Waals surface area contributed by atoms with Crippen LogP contribution in [0.3, 0.4) is 0 Å². The predicted molar refractivity (Wildman–Crippen MR) is 117 cm³/mol. The summed E-state index contributed by atoms with van der Waals surface area (Å²) in [6, 6.07) is 3.69. The molecule has 0 bridgehead atoms. The number of hydrogen-bond acceptors (Lipinski definition) is 1. The van der Waals surface area contributed by atoms with Crippen LogP contribution in [0, 0.1) is 23.1 Å². The lowest BCUT2D eigenvalue weighted by Crippen LogP contribution is -2.40. The minimum Gasteiger partial charge on any atom is -0.406 e.